The predicted molar refractivity (Wildman–Crippen MR) is 104 cm³/mol. The van der Waals surface area contributed by atoms with Crippen molar-refractivity contribution in [2.45, 2.75) is 13.1 Å². The second-order valence-electron chi connectivity index (χ2n) is 7.29. The Morgan fingerprint density at radius 2 is 1.63 bits per heavy atom. The van der Waals surface area contributed by atoms with Crippen LogP contribution in [0.2, 0.25) is 0 Å². The molecule has 0 amide bonds. The van der Waals surface area contributed by atoms with Gasteiger partial charge in [-0.25, -0.2) is 4.79 Å². The molecule has 1 fully saturated rings. The summed E-state index contributed by atoms with van der Waals surface area (Å²) in [5.74, 6) is 0.702. The minimum Gasteiger partial charge on any atom is -0.497 e. The highest BCUT2D eigenvalue weighted by Crippen LogP contribution is 2.22. The molecule has 2 N–H and O–H groups in total. The Morgan fingerprint density at radius 3 is 2.33 bits per heavy atom. The Morgan fingerprint density at radius 1 is 0.926 bits per heavy atom. The van der Waals surface area contributed by atoms with Crippen LogP contribution < -0.4 is 20.2 Å². The fourth-order valence-electron chi connectivity index (χ4n) is 3.95. The Balaban J connectivity index is 1.44. The first kappa shape index (κ1) is 17.8. The summed E-state index contributed by atoms with van der Waals surface area (Å²) in [7, 11) is 1.62. The van der Waals surface area contributed by atoms with E-state index in [1.165, 1.54) is 10.5 Å². The van der Waals surface area contributed by atoms with Crippen LogP contribution in [-0.2, 0) is 13.1 Å². The summed E-state index contributed by atoms with van der Waals surface area (Å²) in [5.41, 5.74) is 2.77. The van der Waals surface area contributed by atoms with Gasteiger partial charge in [-0.3, -0.25) is 0 Å². The van der Waals surface area contributed by atoms with Gasteiger partial charge < -0.3 is 19.0 Å². The lowest BCUT2D eigenvalue weighted by atomic mass is 10.1. The van der Waals surface area contributed by atoms with Crippen LogP contribution in [0.25, 0.3) is 11.0 Å². The first-order chi connectivity index (χ1) is 13.2. The zero-order valence-electron chi connectivity index (χ0n) is 15.7. The lowest BCUT2D eigenvalue weighted by molar-refractivity contribution is -1.02. The molecule has 1 saturated heterocycles. The predicted octanol–water partition coefficient (Wildman–Crippen LogP) is 0.285. The molecule has 5 heteroatoms. The van der Waals surface area contributed by atoms with E-state index in [1.807, 2.05) is 12.1 Å². The number of piperazine rings is 1. The molecule has 0 saturated carbocycles. The molecule has 0 spiro atoms. The van der Waals surface area contributed by atoms with Crippen LogP contribution in [-0.4, -0.2) is 33.3 Å². The Kier molecular flexibility index (Phi) is 5.23. The van der Waals surface area contributed by atoms with Crippen LogP contribution in [0.4, 0.5) is 0 Å². The summed E-state index contributed by atoms with van der Waals surface area (Å²) in [4.78, 5) is 15.1. The highest BCUT2D eigenvalue weighted by molar-refractivity contribution is 5.81. The van der Waals surface area contributed by atoms with E-state index in [0.29, 0.717) is 11.3 Å². The van der Waals surface area contributed by atoms with E-state index in [2.05, 4.69) is 30.3 Å². The number of rotatable bonds is 5. The van der Waals surface area contributed by atoms with Gasteiger partial charge in [-0.2, -0.15) is 0 Å². The van der Waals surface area contributed by atoms with Crippen molar-refractivity contribution in [1.29, 1.82) is 0 Å². The molecule has 0 aliphatic carbocycles. The van der Waals surface area contributed by atoms with Crippen LogP contribution in [0.5, 0.6) is 5.75 Å². The average molecular weight is 366 g/mol. The third kappa shape index (κ3) is 4.21. The van der Waals surface area contributed by atoms with Crippen LogP contribution >= 0.6 is 0 Å². The van der Waals surface area contributed by atoms with E-state index in [0.717, 1.165) is 50.2 Å². The molecule has 27 heavy (non-hydrogen) atoms. The van der Waals surface area contributed by atoms with Gasteiger partial charge in [0.1, 0.15) is 50.6 Å². The molecule has 1 aliphatic rings. The Bertz CT molecular complexity index is 960. The van der Waals surface area contributed by atoms with Crippen molar-refractivity contribution in [3.05, 3.63) is 76.1 Å². The lowest BCUT2D eigenvalue weighted by Crippen LogP contribution is -3.27. The van der Waals surface area contributed by atoms with Crippen molar-refractivity contribution in [3.8, 4) is 5.75 Å². The number of hydrogen-bond acceptors (Lipinski definition) is 3. The average Bonchev–Trinajstić information content (AvgIpc) is 2.69. The molecular weight excluding hydrogens is 340 g/mol. The quantitative estimate of drug-likeness (QED) is 0.638. The van der Waals surface area contributed by atoms with Crippen molar-refractivity contribution < 1.29 is 19.0 Å². The van der Waals surface area contributed by atoms with Gasteiger partial charge in [0.15, 0.2) is 0 Å². The molecule has 1 aliphatic heterocycles. The summed E-state index contributed by atoms with van der Waals surface area (Å²) < 4.78 is 10.6. The van der Waals surface area contributed by atoms with E-state index in [4.69, 9.17) is 9.15 Å². The number of fused-ring (bicyclic) bond motifs is 1. The minimum absolute atomic E-state index is 0.293. The molecule has 3 aromatic rings. The van der Waals surface area contributed by atoms with Gasteiger partial charge in [0.05, 0.1) is 7.11 Å². The van der Waals surface area contributed by atoms with Crippen molar-refractivity contribution in [2.75, 3.05) is 33.3 Å². The summed E-state index contributed by atoms with van der Waals surface area (Å²) in [5, 5.41) is 1.00. The van der Waals surface area contributed by atoms with Gasteiger partial charge in [0.25, 0.3) is 0 Å². The maximum Gasteiger partial charge on any atom is 0.336 e. The van der Waals surface area contributed by atoms with Crippen LogP contribution in [0.15, 0.2) is 63.8 Å². The molecule has 0 atom stereocenters. The highest BCUT2D eigenvalue weighted by Gasteiger charge is 2.24. The van der Waals surface area contributed by atoms with Crippen molar-refractivity contribution >= 4 is 11.0 Å². The summed E-state index contributed by atoms with van der Waals surface area (Å²) >= 11 is 0. The number of nitrogens with one attached hydrogen (secondary N) is 2. The number of methoxy groups -OCH3 is 1. The van der Waals surface area contributed by atoms with Gasteiger partial charge >= 0.3 is 5.63 Å². The van der Waals surface area contributed by atoms with Crippen LogP contribution in [0, 0.1) is 0 Å². The molecule has 2 heterocycles. The van der Waals surface area contributed by atoms with E-state index < -0.39 is 0 Å². The monoisotopic (exact) mass is 366 g/mol. The van der Waals surface area contributed by atoms with Gasteiger partial charge in [-0.15, -0.1) is 0 Å². The maximum absolute atomic E-state index is 12.0. The van der Waals surface area contributed by atoms with E-state index in [9.17, 15) is 4.79 Å². The summed E-state index contributed by atoms with van der Waals surface area (Å²) in [6.07, 6.45) is 0. The first-order valence-corrected chi connectivity index (χ1v) is 9.53. The molecule has 4 rings (SSSR count). The fourth-order valence-corrected chi connectivity index (χ4v) is 3.95. The second-order valence-corrected chi connectivity index (χ2v) is 7.29. The van der Waals surface area contributed by atoms with Crippen LogP contribution in [0.1, 0.15) is 11.1 Å². The third-order valence-corrected chi connectivity index (χ3v) is 5.44. The Labute approximate surface area is 158 Å². The maximum atomic E-state index is 12.0. The smallest absolute Gasteiger partial charge is 0.336 e. The number of ether oxygens (including phenoxy) is 1. The van der Waals surface area contributed by atoms with Crippen molar-refractivity contribution in [1.82, 2.24) is 0 Å². The lowest BCUT2D eigenvalue weighted by Gasteiger charge is -2.30. The normalized spacial score (nSPS) is 19.9. The number of hydrogen-bond donors (Lipinski definition) is 2. The first-order valence-electron chi connectivity index (χ1n) is 9.53. The Hall–Kier alpha value is -2.63. The summed E-state index contributed by atoms with van der Waals surface area (Å²) in [6.45, 7) is 6.47. The molecule has 0 unspecified atom stereocenters. The van der Waals surface area contributed by atoms with Crippen molar-refractivity contribution in [3.63, 3.8) is 0 Å². The minimum atomic E-state index is -0.293. The highest BCUT2D eigenvalue weighted by atomic mass is 16.5. The third-order valence-electron chi connectivity index (χ3n) is 5.44. The molecule has 0 bridgehead atoms. The second kappa shape index (κ2) is 7.94. The van der Waals surface area contributed by atoms with Gasteiger partial charge in [0.2, 0.25) is 0 Å². The molecule has 0 radical (unpaired) electrons. The molecule has 140 valence electrons. The largest absolute Gasteiger partial charge is 0.497 e. The topological polar surface area (TPSA) is 48.3 Å². The van der Waals surface area contributed by atoms with Gasteiger partial charge in [-0.05, 0) is 12.1 Å². The van der Waals surface area contributed by atoms with E-state index >= 15 is 0 Å². The van der Waals surface area contributed by atoms with Gasteiger partial charge in [0, 0.05) is 28.6 Å². The van der Waals surface area contributed by atoms with Crippen LogP contribution in [0.3, 0.4) is 0 Å². The zero-order chi connectivity index (χ0) is 18.6. The molecule has 1 aromatic heterocycles. The van der Waals surface area contributed by atoms with E-state index in [1.54, 1.807) is 24.1 Å². The number of quaternary nitrogens is 2. The molecular formula is C22H26N2O3+2. The van der Waals surface area contributed by atoms with E-state index in [-0.39, 0.29) is 5.63 Å². The summed E-state index contributed by atoms with van der Waals surface area (Å²) in [6, 6.07) is 18.0. The molecule has 2 aromatic carbocycles. The molecule has 5 nitrogen and oxygen atoms in total. The standard InChI is InChI=1S/C22H24N2O3/c1-26-19-7-8-20-18(13-22(25)27-21(20)14-19)16-24-11-9-23(10-12-24)15-17-5-3-2-4-6-17/h2-8,13-14H,9-12,15-16H2,1H3/p+2. The zero-order valence-corrected chi connectivity index (χ0v) is 15.7. The SMILES string of the molecule is COc1ccc2c(C[NH+]3CC[NH+](Cc4ccccc4)CC3)cc(=O)oc2c1. The van der Waals surface area contributed by atoms with Gasteiger partial charge in [-0.1, -0.05) is 30.3 Å². The van der Waals surface area contributed by atoms with Crippen molar-refractivity contribution in [2.24, 2.45) is 0 Å². The number of benzene rings is 2. The fraction of sp³-hybridized carbons (Fsp3) is 0.318.